The summed E-state index contributed by atoms with van der Waals surface area (Å²) in [6, 6.07) is 5.42. The molecule has 0 radical (unpaired) electrons. The Labute approximate surface area is 98.4 Å². The fourth-order valence-electron chi connectivity index (χ4n) is 1.93. The molecule has 5 heteroatoms. The molecule has 0 bridgehead atoms. The summed E-state index contributed by atoms with van der Waals surface area (Å²) in [5, 5.41) is 3.24. The van der Waals surface area contributed by atoms with Gasteiger partial charge in [-0.1, -0.05) is 12.1 Å². The highest BCUT2D eigenvalue weighted by Gasteiger charge is 2.29. The molecule has 0 atom stereocenters. The van der Waals surface area contributed by atoms with Crippen LogP contribution in [-0.4, -0.2) is 31.1 Å². The first kappa shape index (κ1) is 12.4. The average Bonchev–Trinajstić information content (AvgIpc) is 2.30. The zero-order valence-electron chi connectivity index (χ0n) is 9.43. The third-order valence-electron chi connectivity index (χ3n) is 2.90. The summed E-state index contributed by atoms with van der Waals surface area (Å²) < 4.78 is 37.1. The normalized spacial score (nSPS) is 18.3. The van der Waals surface area contributed by atoms with Gasteiger partial charge in [-0.3, -0.25) is 4.90 Å². The second-order valence-electron chi connectivity index (χ2n) is 4.22. The summed E-state index contributed by atoms with van der Waals surface area (Å²) in [5.41, 5.74) is 0.349. The number of nitrogens with one attached hydrogen (secondary N) is 1. The van der Waals surface area contributed by atoms with E-state index in [0.29, 0.717) is 0 Å². The summed E-state index contributed by atoms with van der Waals surface area (Å²) in [5.74, 6) is 0. The molecule has 1 heterocycles. The predicted molar refractivity (Wildman–Crippen MR) is 59.6 cm³/mol. The SMILES string of the molecule is FC(F)(F)c1ccc(CN2CCNCC2)cc1. The van der Waals surface area contributed by atoms with E-state index in [2.05, 4.69) is 10.2 Å². The van der Waals surface area contributed by atoms with Crippen molar-refractivity contribution in [3.05, 3.63) is 35.4 Å². The fourth-order valence-corrected chi connectivity index (χ4v) is 1.93. The highest BCUT2D eigenvalue weighted by Crippen LogP contribution is 2.29. The van der Waals surface area contributed by atoms with Crippen LogP contribution in [0.3, 0.4) is 0 Å². The highest BCUT2D eigenvalue weighted by atomic mass is 19.4. The van der Waals surface area contributed by atoms with Gasteiger partial charge in [-0.25, -0.2) is 0 Å². The lowest BCUT2D eigenvalue weighted by Gasteiger charge is -2.27. The van der Waals surface area contributed by atoms with Crippen LogP contribution in [0.15, 0.2) is 24.3 Å². The van der Waals surface area contributed by atoms with Crippen molar-refractivity contribution in [3.63, 3.8) is 0 Å². The largest absolute Gasteiger partial charge is 0.416 e. The predicted octanol–water partition coefficient (Wildman–Crippen LogP) is 2.11. The van der Waals surface area contributed by atoms with Gasteiger partial charge in [0.1, 0.15) is 0 Å². The molecule has 1 N–H and O–H groups in total. The van der Waals surface area contributed by atoms with Crippen molar-refractivity contribution in [1.29, 1.82) is 0 Å². The molecular weight excluding hydrogens is 229 g/mol. The van der Waals surface area contributed by atoms with E-state index >= 15 is 0 Å². The van der Waals surface area contributed by atoms with E-state index in [1.807, 2.05) is 0 Å². The van der Waals surface area contributed by atoms with Gasteiger partial charge < -0.3 is 5.32 Å². The van der Waals surface area contributed by atoms with E-state index < -0.39 is 11.7 Å². The van der Waals surface area contributed by atoms with Crippen molar-refractivity contribution in [2.45, 2.75) is 12.7 Å². The van der Waals surface area contributed by atoms with Crippen molar-refractivity contribution in [3.8, 4) is 0 Å². The van der Waals surface area contributed by atoms with Crippen molar-refractivity contribution in [1.82, 2.24) is 10.2 Å². The molecule has 1 aromatic rings. The van der Waals surface area contributed by atoms with E-state index in [0.717, 1.165) is 50.4 Å². The molecule has 0 saturated carbocycles. The van der Waals surface area contributed by atoms with Gasteiger partial charge in [-0.2, -0.15) is 13.2 Å². The Morgan fingerprint density at radius 3 is 2.18 bits per heavy atom. The minimum Gasteiger partial charge on any atom is -0.314 e. The van der Waals surface area contributed by atoms with Gasteiger partial charge in [-0.15, -0.1) is 0 Å². The van der Waals surface area contributed by atoms with Gasteiger partial charge in [0.2, 0.25) is 0 Å². The van der Waals surface area contributed by atoms with E-state index in [9.17, 15) is 13.2 Å². The van der Waals surface area contributed by atoms with Crippen molar-refractivity contribution in [2.24, 2.45) is 0 Å². The average molecular weight is 244 g/mol. The summed E-state index contributed by atoms with van der Waals surface area (Å²) in [6.07, 6.45) is -4.24. The highest BCUT2D eigenvalue weighted by molar-refractivity contribution is 5.24. The zero-order chi connectivity index (χ0) is 12.3. The van der Waals surface area contributed by atoms with Crippen LogP contribution in [0.2, 0.25) is 0 Å². The topological polar surface area (TPSA) is 15.3 Å². The number of hydrogen-bond acceptors (Lipinski definition) is 2. The molecule has 0 aliphatic carbocycles. The summed E-state index contributed by atoms with van der Waals surface area (Å²) in [4.78, 5) is 2.24. The maximum absolute atomic E-state index is 12.4. The maximum Gasteiger partial charge on any atom is 0.416 e. The Morgan fingerprint density at radius 1 is 1.06 bits per heavy atom. The fraction of sp³-hybridized carbons (Fsp3) is 0.500. The minimum absolute atomic E-state index is 0.582. The zero-order valence-corrected chi connectivity index (χ0v) is 9.43. The molecule has 0 aromatic heterocycles. The van der Waals surface area contributed by atoms with Crippen LogP contribution >= 0.6 is 0 Å². The van der Waals surface area contributed by atoms with E-state index in [-0.39, 0.29) is 0 Å². The Balaban J connectivity index is 1.98. The molecule has 0 amide bonds. The number of benzene rings is 1. The van der Waals surface area contributed by atoms with E-state index in [4.69, 9.17) is 0 Å². The number of piperazine rings is 1. The van der Waals surface area contributed by atoms with Crippen molar-refractivity contribution in [2.75, 3.05) is 26.2 Å². The molecule has 94 valence electrons. The second kappa shape index (κ2) is 5.06. The number of halogens is 3. The van der Waals surface area contributed by atoms with Crippen LogP contribution in [-0.2, 0) is 12.7 Å². The van der Waals surface area contributed by atoms with Gasteiger partial charge in [0, 0.05) is 32.7 Å². The van der Waals surface area contributed by atoms with E-state index in [1.54, 1.807) is 12.1 Å². The van der Waals surface area contributed by atoms with Crippen LogP contribution < -0.4 is 5.32 Å². The Bertz CT molecular complexity index is 353. The first-order valence-corrected chi connectivity index (χ1v) is 5.65. The lowest BCUT2D eigenvalue weighted by atomic mass is 10.1. The van der Waals surface area contributed by atoms with Crippen LogP contribution in [0.1, 0.15) is 11.1 Å². The van der Waals surface area contributed by atoms with Crippen LogP contribution in [0.4, 0.5) is 13.2 Å². The quantitative estimate of drug-likeness (QED) is 0.857. The summed E-state index contributed by atoms with van der Waals surface area (Å²) in [7, 11) is 0. The minimum atomic E-state index is -4.24. The smallest absolute Gasteiger partial charge is 0.314 e. The summed E-state index contributed by atoms with van der Waals surface area (Å²) >= 11 is 0. The van der Waals surface area contributed by atoms with E-state index in [1.165, 1.54) is 0 Å². The molecule has 1 aliphatic heterocycles. The number of nitrogens with zero attached hydrogens (tertiary/aromatic N) is 1. The second-order valence-corrected chi connectivity index (χ2v) is 4.22. The van der Waals surface area contributed by atoms with Gasteiger partial charge in [0.25, 0.3) is 0 Å². The van der Waals surface area contributed by atoms with Crippen LogP contribution in [0, 0.1) is 0 Å². The Kier molecular flexibility index (Phi) is 3.69. The lowest BCUT2D eigenvalue weighted by Crippen LogP contribution is -2.42. The standard InChI is InChI=1S/C12H15F3N2/c13-12(14,15)11-3-1-10(2-4-11)9-17-7-5-16-6-8-17/h1-4,16H,5-9H2. The van der Waals surface area contributed by atoms with Crippen LogP contribution in [0.25, 0.3) is 0 Å². The molecule has 0 unspecified atom stereocenters. The molecule has 1 fully saturated rings. The third kappa shape index (κ3) is 3.44. The molecular formula is C12H15F3N2. The molecule has 17 heavy (non-hydrogen) atoms. The van der Waals surface area contributed by atoms with Gasteiger partial charge >= 0.3 is 6.18 Å². The third-order valence-corrected chi connectivity index (χ3v) is 2.90. The van der Waals surface area contributed by atoms with Gasteiger partial charge in [-0.05, 0) is 17.7 Å². The van der Waals surface area contributed by atoms with Gasteiger partial charge in [0.15, 0.2) is 0 Å². The Hall–Kier alpha value is -1.07. The van der Waals surface area contributed by atoms with Crippen molar-refractivity contribution < 1.29 is 13.2 Å². The number of alkyl halides is 3. The molecule has 1 saturated heterocycles. The first-order chi connectivity index (χ1) is 8.05. The maximum atomic E-state index is 12.4. The molecule has 2 nitrogen and oxygen atoms in total. The van der Waals surface area contributed by atoms with Crippen LogP contribution in [0.5, 0.6) is 0 Å². The molecule has 1 aliphatic rings. The Morgan fingerprint density at radius 2 is 1.65 bits per heavy atom. The molecule has 2 rings (SSSR count). The monoisotopic (exact) mass is 244 g/mol. The summed E-state index contributed by atoms with van der Waals surface area (Å²) in [6.45, 7) is 4.50. The molecule has 0 spiro atoms. The lowest BCUT2D eigenvalue weighted by molar-refractivity contribution is -0.137. The molecule has 1 aromatic carbocycles. The van der Waals surface area contributed by atoms with Gasteiger partial charge in [0.05, 0.1) is 5.56 Å². The number of rotatable bonds is 2. The number of hydrogen-bond donors (Lipinski definition) is 1. The first-order valence-electron chi connectivity index (χ1n) is 5.65. The van der Waals surface area contributed by atoms with Crippen molar-refractivity contribution >= 4 is 0 Å².